The van der Waals surface area contributed by atoms with Crippen molar-refractivity contribution in [3.05, 3.63) is 35.9 Å². The maximum atomic E-state index is 13.5. The number of methoxy groups -OCH3 is 1. The first kappa shape index (κ1) is 40.4. The molecule has 0 bridgehead atoms. The fourth-order valence-electron chi connectivity index (χ4n) is 4.09. The first-order chi connectivity index (χ1) is 21.4. The number of amides is 3. The highest BCUT2D eigenvalue weighted by molar-refractivity contribution is 5.81. The van der Waals surface area contributed by atoms with Crippen LogP contribution in [0.1, 0.15) is 66.4 Å². The van der Waals surface area contributed by atoms with Gasteiger partial charge in [-0.1, -0.05) is 30.3 Å². The summed E-state index contributed by atoms with van der Waals surface area (Å²) in [5.74, 6) is -0.832. The summed E-state index contributed by atoms with van der Waals surface area (Å²) >= 11 is 0. The lowest BCUT2D eigenvalue weighted by molar-refractivity contribution is -0.147. The normalized spacial score (nSPS) is 14.9. The Hall–Kier alpha value is -3.66. The van der Waals surface area contributed by atoms with Crippen LogP contribution in [0.3, 0.4) is 0 Å². The van der Waals surface area contributed by atoms with E-state index in [0.29, 0.717) is 18.4 Å². The highest BCUT2D eigenvalue weighted by atomic mass is 16.6. The van der Waals surface area contributed by atoms with Crippen molar-refractivity contribution in [1.29, 1.82) is 0 Å². The van der Waals surface area contributed by atoms with Crippen molar-refractivity contribution < 1.29 is 58.6 Å². The van der Waals surface area contributed by atoms with Gasteiger partial charge in [0.25, 0.3) is 0 Å². The predicted molar refractivity (Wildman–Crippen MR) is 165 cm³/mol. The minimum atomic E-state index is -1.97. The van der Waals surface area contributed by atoms with Crippen LogP contribution in [0.25, 0.3) is 0 Å². The van der Waals surface area contributed by atoms with Crippen LogP contribution in [0.2, 0.25) is 0 Å². The molecular formula is C31H51N3O12. The molecule has 0 aliphatic carbocycles. The number of aliphatic hydroxyl groups excluding tert-OH is 4. The van der Waals surface area contributed by atoms with Gasteiger partial charge in [0.05, 0.1) is 19.8 Å². The largest absolute Gasteiger partial charge is 0.467 e. The molecule has 46 heavy (non-hydrogen) atoms. The van der Waals surface area contributed by atoms with Gasteiger partial charge in [-0.15, -0.1) is 0 Å². The molecule has 5 atom stereocenters. The smallest absolute Gasteiger partial charge is 0.411 e. The number of benzene rings is 1. The average molecular weight is 658 g/mol. The topological polar surface area (TPSA) is 213 Å². The number of rotatable bonds is 16. The third-order valence-corrected chi connectivity index (χ3v) is 6.30. The number of hydrogen-bond acceptors (Lipinski definition) is 12. The number of ether oxygens (including phenoxy) is 4. The van der Waals surface area contributed by atoms with E-state index < -0.39 is 79.0 Å². The van der Waals surface area contributed by atoms with Crippen LogP contribution in [0.4, 0.5) is 14.4 Å². The van der Waals surface area contributed by atoms with E-state index in [2.05, 4.69) is 10.6 Å². The highest BCUT2D eigenvalue weighted by Gasteiger charge is 2.40. The minimum Gasteiger partial charge on any atom is -0.467 e. The van der Waals surface area contributed by atoms with E-state index in [0.717, 1.165) is 12.0 Å². The molecule has 0 unspecified atom stereocenters. The second-order valence-electron chi connectivity index (χ2n) is 12.6. The molecule has 0 saturated heterocycles. The van der Waals surface area contributed by atoms with Gasteiger partial charge in [0.15, 0.2) is 0 Å². The summed E-state index contributed by atoms with van der Waals surface area (Å²) in [6.07, 6.45) is -7.67. The Morgan fingerprint density at radius 3 is 2.02 bits per heavy atom. The zero-order valence-corrected chi connectivity index (χ0v) is 27.7. The summed E-state index contributed by atoms with van der Waals surface area (Å²) in [5.41, 5.74) is -1.04. The first-order valence-corrected chi connectivity index (χ1v) is 15.0. The number of carbonyl (C=O) groups excluding carboxylic acids is 4. The van der Waals surface area contributed by atoms with E-state index >= 15 is 0 Å². The van der Waals surface area contributed by atoms with Crippen LogP contribution in [-0.2, 0) is 30.3 Å². The first-order valence-electron chi connectivity index (χ1n) is 15.0. The summed E-state index contributed by atoms with van der Waals surface area (Å²) in [7, 11) is 1.12. The number of nitrogens with one attached hydrogen (secondary N) is 2. The molecule has 262 valence electrons. The van der Waals surface area contributed by atoms with E-state index in [-0.39, 0.29) is 19.6 Å². The molecule has 15 heteroatoms. The van der Waals surface area contributed by atoms with E-state index in [4.69, 9.17) is 18.9 Å². The Labute approximate surface area is 270 Å². The van der Waals surface area contributed by atoms with Gasteiger partial charge in [-0.3, -0.25) is 4.90 Å². The molecule has 0 spiro atoms. The monoisotopic (exact) mass is 657 g/mol. The van der Waals surface area contributed by atoms with Crippen LogP contribution in [0.5, 0.6) is 0 Å². The zero-order valence-electron chi connectivity index (χ0n) is 27.7. The molecule has 0 aliphatic heterocycles. The predicted octanol–water partition coefficient (Wildman–Crippen LogP) is 1.83. The van der Waals surface area contributed by atoms with Crippen LogP contribution >= 0.6 is 0 Å². The number of carbonyl (C=O) groups is 4. The van der Waals surface area contributed by atoms with E-state index in [1.54, 1.807) is 71.9 Å². The quantitative estimate of drug-likeness (QED) is 0.0854. The lowest BCUT2D eigenvalue weighted by Crippen LogP contribution is -2.60. The third kappa shape index (κ3) is 15.6. The molecule has 6 N–H and O–H groups in total. The van der Waals surface area contributed by atoms with Gasteiger partial charge in [-0.25, -0.2) is 19.2 Å². The molecular weight excluding hydrogens is 606 g/mol. The summed E-state index contributed by atoms with van der Waals surface area (Å²) in [6.45, 7) is 8.52. The SMILES string of the molecule is COC(=O)[C@H](CCCCNC(=O)OC(C)(C)C)N(C[C@H](NC(=O)OCc1ccccc1)[C@@H](O)[C@H](O)[C@H](O)CO)C(=O)OC(C)(C)C. The van der Waals surface area contributed by atoms with Gasteiger partial charge in [0.2, 0.25) is 0 Å². The number of hydrogen-bond donors (Lipinski definition) is 6. The van der Waals surface area contributed by atoms with Gasteiger partial charge in [-0.2, -0.15) is 0 Å². The van der Waals surface area contributed by atoms with Crippen LogP contribution < -0.4 is 10.6 Å². The molecule has 0 heterocycles. The van der Waals surface area contributed by atoms with Crippen molar-refractivity contribution in [3.63, 3.8) is 0 Å². The van der Waals surface area contributed by atoms with Gasteiger partial charge >= 0.3 is 24.2 Å². The Kier molecular flexibility index (Phi) is 16.8. The molecule has 0 radical (unpaired) electrons. The fraction of sp³-hybridized carbons (Fsp3) is 0.677. The van der Waals surface area contributed by atoms with E-state index in [9.17, 15) is 39.6 Å². The number of alkyl carbamates (subject to hydrolysis) is 2. The summed E-state index contributed by atoms with van der Waals surface area (Å²) in [5, 5.41) is 45.8. The van der Waals surface area contributed by atoms with E-state index in [1.165, 1.54) is 0 Å². The highest BCUT2D eigenvalue weighted by Crippen LogP contribution is 2.19. The number of esters is 1. The molecule has 1 aromatic carbocycles. The van der Waals surface area contributed by atoms with Crippen molar-refractivity contribution >= 4 is 24.2 Å². The second-order valence-corrected chi connectivity index (χ2v) is 12.6. The van der Waals surface area contributed by atoms with Gasteiger partial charge in [-0.05, 0) is 66.4 Å². The standard InChI is InChI=1S/C31H51N3O12/c1-30(2,3)45-27(40)32-16-12-11-15-22(26(39)43-7)34(29(42)46-31(4,5)6)17-21(24(37)25(38)23(36)18-35)33-28(41)44-19-20-13-9-8-10-14-20/h8-10,13-14,21-25,35-38H,11-12,15-19H2,1-7H3,(H,32,40)(H,33,41)/t21-,22-,23+,24+,25+/m0/s1. The number of aliphatic hydroxyl groups is 4. The van der Waals surface area contributed by atoms with Crippen molar-refractivity contribution in [2.24, 2.45) is 0 Å². The van der Waals surface area contributed by atoms with Gasteiger partial charge < -0.3 is 50.0 Å². The molecule has 0 aromatic heterocycles. The summed E-state index contributed by atoms with van der Waals surface area (Å²) in [4.78, 5) is 52.2. The molecule has 0 fully saturated rings. The van der Waals surface area contributed by atoms with Crippen molar-refractivity contribution in [3.8, 4) is 0 Å². The van der Waals surface area contributed by atoms with Crippen molar-refractivity contribution in [2.45, 2.75) is 109 Å². The molecule has 0 aliphatic rings. The average Bonchev–Trinajstić information content (AvgIpc) is 2.97. The summed E-state index contributed by atoms with van der Waals surface area (Å²) < 4.78 is 20.9. The number of unbranched alkanes of at least 4 members (excludes halogenated alkanes) is 1. The van der Waals surface area contributed by atoms with E-state index in [1.807, 2.05) is 0 Å². The molecule has 15 nitrogen and oxygen atoms in total. The van der Waals surface area contributed by atoms with Crippen LogP contribution in [0, 0.1) is 0 Å². The van der Waals surface area contributed by atoms with Crippen LogP contribution in [0.15, 0.2) is 30.3 Å². The molecule has 1 rings (SSSR count). The maximum Gasteiger partial charge on any atom is 0.411 e. The zero-order chi connectivity index (χ0) is 35.1. The Balaban J connectivity index is 3.26. The van der Waals surface area contributed by atoms with Gasteiger partial charge in [0, 0.05) is 13.1 Å². The summed E-state index contributed by atoms with van der Waals surface area (Å²) in [6, 6.07) is 5.88. The Bertz CT molecular complexity index is 1090. The Morgan fingerprint density at radius 2 is 1.48 bits per heavy atom. The molecule has 0 saturated carbocycles. The van der Waals surface area contributed by atoms with Crippen LogP contribution in [-0.4, -0.2) is 118 Å². The number of nitrogens with zero attached hydrogens (tertiary/aromatic N) is 1. The van der Waals surface area contributed by atoms with Gasteiger partial charge in [0.1, 0.15) is 42.2 Å². The van der Waals surface area contributed by atoms with Crippen molar-refractivity contribution in [1.82, 2.24) is 15.5 Å². The molecule has 3 amide bonds. The Morgan fingerprint density at radius 1 is 0.870 bits per heavy atom. The lowest BCUT2D eigenvalue weighted by Gasteiger charge is -2.37. The minimum absolute atomic E-state index is 0.0189. The molecule has 1 aromatic rings. The second kappa shape index (κ2) is 19.1. The maximum absolute atomic E-state index is 13.5. The third-order valence-electron chi connectivity index (χ3n) is 6.30. The lowest BCUT2D eigenvalue weighted by atomic mass is 9.99. The van der Waals surface area contributed by atoms with Crippen molar-refractivity contribution in [2.75, 3.05) is 26.8 Å². The fourth-order valence-corrected chi connectivity index (χ4v) is 4.09.